The van der Waals surface area contributed by atoms with Gasteiger partial charge in [-0.05, 0) is 25.2 Å². The Morgan fingerprint density at radius 1 is 1.16 bits per heavy atom. The van der Waals surface area contributed by atoms with Crippen molar-refractivity contribution in [2.24, 2.45) is 5.92 Å². The van der Waals surface area contributed by atoms with Crippen molar-refractivity contribution < 1.29 is 0 Å². The van der Waals surface area contributed by atoms with Crippen molar-refractivity contribution in [2.75, 3.05) is 19.6 Å². The maximum absolute atomic E-state index is 3.74. The fraction of sp³-hybridized carbons (Fsp3) is 1.00. The van der Waals surface area contributed by atoms with Gasteiger partial charge in [0, 0.05) is 31.7 Å². The molecule has 2 heteroatoms. The summed E-state index contributed by atoms with van der Waals surface area (Å²) in [6, 6.07) is 1.50. The van der Waals surface area contributed by atoms with Crippen LogP contribution in [-0.4, -0.2) is 36.6 Å². The van der Waals surface area contributed by atoms with E-state index in [2.05, 4.69) is 37.9 Å². The van der Waals surface area contributed by atoms with E-state index >= 15 is 0 Å². The third-order valence-electron chi connectivity index (χ3n) is 4.76. The molecule has 1 rings (SSSR count). The Kier molecular flexibility index (Phi) is 8.72. The van der Waals surface area contributed by atoms with Crippen LogP contribution >= 0.6 is 0 Å². The van der Waals surface area contributed by atoms with Gasteiger partial charge in [0.2, 0.25) is 0 Å². The predicted molar refractivity (Wildman–Crippen MR) is 85.7 cm³/mol. The first kappa shape index (κ1) is 17.0. The molecule has 0 saturated carbocycles. The zero-order valence-corrected chi connectivity index (χ0v) is 13.8. The van der Waals surface area contributed by atoms with E-state index in [9.17, 15) is 0 Å². The Bertz CT molecular complexity index is 217. The first-order chi connectivity index (χ1) is 9.24. The monoisotopic (exact) mass is 268 g/mol. The first-order valence-electron chi connectivity index (χ1n) is 8.72. The molecule has 1 saturated heterocycles. The van der Waals surface area contributed by atoms with Crippen molar-refractivity contribution in [3.8, 4) is 0 Å². The molecule has 0 aliphatic carbocycles. The minimum Gasteiger partial charge on any atom is -0.311 e. The van der Waals surface area contributed by atoms with Gasteiger partial charge in [0.15, 0.2) is 0 Å². The molecule has 1 heterocycles. The lowest BCUT2D eigenvalue weighted by molar-refractivity contribution is 0.0999. The van der Waals surface area contributed by atoms with Gasteiger partial charge in [0.05, 0.1) is 0 Å². The van der Waals surface area contributed by atoms with Gasteiger partial charge in [-0.15, -0.1) is 0 Å². The van der Waals surface area contributed by atoms with Crippen LogP contribution in [-0.2, 0) is 0 Å². The maximum Gasteiger partial charge on any atom is 0.0218 e. The normalized spacial score (nSPS) is 26.5. The summed E-state index contributed by atoms with van der Waals surface area (Å²) in [5.74, 6) is 0.911. The quantitative estimate of drug-likeness (QED) is 0.678. The van der Waals surface area contributed by atoms with E-state index < -0.39 is 0 Å². The van der Waals surface area contributed by atoms with E-state index in [1.807, 2.05) is 0 Å². The molecular weight excluding hydrogens is 232 g/mol. The van der Waals surface area contributed by atoms with E-state index in [0.29, 0.717) is 0 Å². The largest absolute Gasteiger partial charge is 0.311 e. The molecule has 114 valence electrons. The second-order valence-electron chi connectivity index (χ2n) is 6.33. The number of hydrogen-bond acceptors (Lipinski definition) is 2. The van der Waals surface area contributed by atoms with Crippen molar-refractivity contribution in [1.29, 1.82) is 0 Å². The SMILES string of the molecule is CCCCC(CC)CN1CC(CCC)NCC1CC. The van der Waals surface area contributed by atoms with Crippen LogP contribution in [0.15, 0.2) is 0 Å². The lowest BCUT2D eigenvalue weighted by atomic mass is 9.95. The van der Waals surface area contributed by atoms with Gasteiger partial charge in [0.25, 0.3) is 0 Å². The van der Waals surface area contributed by atoms with Crippen molar-refractivity contribution in [2.45, 2.75) is 84.7 Å². The Morgan fingerprint density at radius 2 is 1.95 bits per heavy atom. The minimum absolute atomic E-state index is 0.733. The third-order valence-corrected chi connectivity index (χ3v) is 4.76. The molecule has 0 aromatic heterocycles. The van der Waals surface area contributed by atoms with Crippen molar-refractivity contribution in [1.82, 2.24) is 10.2 Å². The molecule has 0 aromatic rings. The molecule has 0 bridgehead atoms. The van der Waals surface area contributed by atoms with Gasteiger partial charge in [0.1, 0.15) is 0 Å². The lowest BCUT2D eigenvalue weighted by Crippen LogP contribution is -2.57. The van der Waals surface area contributed by atoms with Crippen molar-refractivity contribution in [3.63, 3.8) is 0 Å². The zero-order chi connectivity index (χ0) is 14.1. The van der Waals surface area contributed by atoms with Crippen LogP contribution in [0.4, 0.5) is 0 Å². The molecule has 0 amide bonds. The molecule has 3 unspecified atom stereocenters. The molecule has 1 N–H and O–H groups in total. The number of hydrogen-bond donors (Lipinski definition) is 1. The van der Waals surface area contributed by atoms with Gasteiger partial charge >= 0.3 is 0 Å². The highest BCUT2D eigenvalue weighted by atomic mass is 15.2. The highest BCUT2D eigenvalue weighted by Crippen LogP contribution is 2.19. The molecule has 0 spiro atoms. The van der Waals surface area contributed by atoms with E-state index in [0.717, 1.165) is 18.0 Å². The van der Waals surface area contributed by atoms with Gasteiger partial charge < -0.3 is 5.32 Å². The first-order valence-corrected chi connectivity index (χ1v) is 8.72. The van der Waals surface area contributed by atoms with Crippen LogP contribution in [0.2, 0.25) is 0 Å². The summed E-state index contributed by atoms with van der Waals surface area (Å²) in [5, 5.41) is 3.74. The summed E-state index contributed by atoms with van der Waals surface area (Å²) in [4.78, 5) is 2.79. The van der Waals surface area contributed by atoms with E-state index in [4.69, 9.17) is 0 Å². The van der Waals surface area contributed by atoms with Gasteiger partial charge in [-0.25, -0.2) is 0 Å². The average Bonchev–Trinajstić information content (AvgIpc) is 2.44. The maximum atomic E-state index is 3.74. The number of rotatable bonds is 9. The second kappa shape index (κ2) is 9.77. The number of unbranched alkanes of at least 4 members (excludes halogenated alkanes) is 1. The summed E-state index contributed by atoms with van der Waals surface area (Å²) in [7, 11) is 0. The summed E-state index contributed by atoms with van der Waals surface area (Å²) in [6.07, 6.45) is 9.43. The summed E-state index contributed by atoms with van der Waals surface area (Å²) >= 11 is 0. The molecule has 19 heavy (non-hydrogen) atoms. The van der Waals surface area contributed by atoms with Crippen LogP contribution in [0.5, 0.6) is 0 Å². The third kappa shape index (κ3) is 5.83. The summed E-state index contributed by atoms with van der Waals surface area (Å²) in [5.41, 5.74) is 0. The smallest absolute Gasteiger partial charge is 0.0218 e. The molecule has 0 radical (unpaired) electrons. The van der Waals surface area contributed by atoms with Crippen LogP contribution in [0.25, 0.3) is 0 Å². The summed E-state index contributed by atoms with van der Waals surface area (Å²) in [6.45, 7) is 13.1. The van der Waals surface area contributed by atoms with Gasteiger partial charge in [-0.2, -0.15) is 0 Å². The number of nitrogens with zero attached hydrogens (tertiary/aromatic N) is 1. The van der Waals surface area contributed by atoms with Crippen LogP contribution in [0.3, 0.4) is 0 Å². The molecule has 3 atom stereocenters. The molecule has 1 aliphatic heterocycles. The molecule has 0 aromatic carbocycles. The number of nitrogens with one attached hydrogen (secondary N) is 1. The highest BCUT2D eigenvalue weighted by molar-refractivity contribution is 4.86. The van der Waals surface area contributed by atoms with Gasteiger partial charge in [-0.3, -0.25) is 4.90 Å². The highest BCUT2D eigenvalue weighted by Gasteiger charge is 2.27. The topological polar surface area (TPSA) is 15.3 Å². The van der Waals surface area contributed by atoms with Crippen LogP contribution in [0.1, 0.15) is 72.6 Å². The van der Waals surface area contributed by atoms with Crippen LogP contribution in [0, 0.1) is 5.92 Å². The molecular formula is C17H36N2. The molecule has 2 nitrogen and oxygen atoms in total. The lowest BCUT2D eigenvalue weighted by Gasteiger charge is -2.41. The Labute approximate surface area is 121 Å². The van der Waals surface area contributed by atoms with E-state index in [1.165, 1.54) is 64.6 Å². The van der Waals surface area contributed by atoms with Crippen LogP contribution < -0.4 is 5.32 Å². The Balaban J connectivity index is 2.48. The zero-order valence-electron chi connectivity index (χ0n) is 13.8. The second-order valence-corrected chi connectivity index (χ2v) is 6.33. The fourth-order valence-electron chi connectivity index (χ4n) is 3.35. The van der Waals surface area contributed by atoms with Crippen molar-refractivity contribution in [3.05, 3.63) is 0 Å². The summed E-state index contributed by atoms with van der Waals surface area (Å²) < 4.78 is 0. The van der Waals surface area contributed by atoms with Crippen molar-refractivity contribution >= 4 is 0 Å². The van der Waals surface area contributed by atoms with E-state index in [-0.39, 0.29) is 0 Å². The Morgan fingerprint density at radius 3 is 2.53 bits per heavy atom. The van der Waals surface area contributed by atoms with Gasteiger partial charge in [-0.1, -0.05) is 53.4 Å². The number of piperazine rings is 1. The van der Waals surface area contributed by atoms with E-state index in [1.54, 1.807) is 0 Å². The predicted octanol–water partition coefficient (Wildman–Crippen LogP) is 4.06. The fourth-order valence-corrected chi connectivity index (χ4v) is 3.35. The molecule has 1 fully saturated rings. The standard InChI is InChI=1S/C17H36N2/c1-5-9-11-15(7-3)13-19-14-16(10-6-2)18-12-17(19)8-4/h15-18H,5-14H2,1-4H3. The Hall–Kier alpha value is -0.0800. The molecule has 1 aliphatic rings. The minimum atomic E-state index is 0.733. The average molecular weight is 268 g/mol.